The number of aryl methyl sites for hydroxylation is 1. The van der Waals surface area contributed by atoms with Gasteiger partial charge in [-0.15, -0.1) is 0 Å². The van der Waals surface area contributed by atoms with Gasteiger partial charge >= 0.3 is 0 Å². The molecular formula is C20H31N. The summed E-state index contributed by atoms with van der Waals surface area (Å²) < 4.78 is 0. The molecule has 21 heavy (non-hydrogen) atoms. The van der Waals surface area contributed by atoms with E-state index in [1.165, 1.54) is 57.8 Å². The predicted molar refractivity (Wildman–Crippen MR) is 90.5 cm³/mol. The van der Waals surface area contributed by atoms with Gasteiger partial charge < -0.3 is 5.32 Å². The maximum absolute atomic E-state index is 3.89. The summed E-state index contributed by atoms with van der Waals surface area (Å²) >= 11 is 0. The van der Waals surface area contributed by atoms with Gasteiger partial charge in [-0.2, -0.15) is 0 Å². The Labute approximate surface area is 130 Å². The second kappa shape index (κ2) is 7.45. The highest BCUT2D eigenvalue weighted by molar-refractivity contribution is 5.31. The molecule has 1 nitrogen and oxygen atoms in total. The van der Waals surface area contributed by atoms with Crippen molar-refractivity contribution in [3.8, 4) is 0 Å². The SMILES string of the molecule is CCCNC1c2ccccc2CCCC1CC1CCCC1. The molecule has 0 aromatic heterocycles. The first kappa shape index (κ1) is 15.1. The minimum atomic E-state index is 0.601. The zero-order valence-electron chi connectivity index (χ0n) is 13.6. The topological polar surface area (TPSA) is 12.0 Å². The van der Waals surface area contributed by atoms with E-state index in [0.717, 1.165) is 18.4 Å². The molecule has 1 aromatic rings. The monoisotopic (exact) mass is 285 g/mol. The third-order valence-corrected chi connectivity index (χ3v) is 5.61. The predicted octanol–water partition coefficient (Wildman–Crippen LogP) is 5.26. The van der Waals surface area contributed by atoms with Crippen LogP contribution in [0.15, 0.2) is 24.3 Å². The Hall–Kier alpha value is -0.820. The molecule has 0 radical (unpaired) electrons. The lowest BCUT2D eigenvalue weighted by molar-refractivity contribution is 0.277. The first-order valence-corrected chi connectivity index (χ1v) is 9.19. The Balaban J connectivity index is 1.79. The second-order valence-corrected chi connectivity index (χ2v) is 7.17. The third kappa shape index (κ3) is 3.69. The van der Waals surface area contributed by atoms with E-state index in [2.05, 4.69) is 36.5 Å². The van der Waals surface area contributed by atoms with E-state index < -0.39 is 0 Å². The minimum Gasteiger partial charge on any atom is -0.310 e. The highest BCUT2D eigenvalue weighted by Crippen LogP contribution is 2.40. The van der Waals surface area contributed by atoms with E-state index in [0.29, 0.717) is 6.04 Å². The lowest BCUT2D eigenvalue weighted by Crippen LogP contribution is -2.30. The van der Waals surface area contributed by atoms with Crippen LogP contribution < -0.4 is 5.32 Å². The average molecular weight is 285 g/mol. The summed E-state index contributed by atoms with van der Waals surface area (Å²) in [5.41, 5.74) is 3.20. The van der Waals surface area contributed by atoms with Crippen LogP contribution in [-0.2, 0) is 6.42 Å². The van der Waals surface area contributed by atoms with Crippen LogP contribution in [0.25, 0.3) is 0 Å². The first-order valence-electron chi connectivity index (χ1n) is 9.19. The number of rotatable bonds is 5. The lowest BCUT2D eigenvalue weighted by atomic mass is 9.83. The molecule has 116 valence electrons. The quantitative estimate of drug-likeness (QED) is 0.728. The van der Waals surface area contributed by atoms with Crippen LogP contribution in [0.2, 0.25) is 0 Å². The van der Waals surface area contributed by atoms with E-state index >= 15 is 0 Å². The van der Waals surface area contributed by atoms with Crippen LogP contribution in [0.5, 0.6) is 0 Å². The lowest BCUT2D eigenvalue weighted by Gasteiger charge is -2.30. The number of benzene rings is 1. The summed E-state index contributed by atoms with van der Waals surface area (Å²) in [4.78, 5) is 0. The second-order valence-electron chi connectivity index (χ2n) is 7.17. The Morgan fingerprint density at radius 3 is 2.67 bits per heavy atom. The molecule has 2 unspecified atom stereocenters. The Kier molecular flexibility index (Phi) is 5.35. The number of fused-ring (bicyclic) bond motifs is 1. The van der Waals surface area contributed by atoms with Gasteiger partial charge in [0.15, 0.2) is 0 Å². The van der Waals surface area contributed by atoms with Crippen LogP contribution in [0.3, 0.4) is 0 Å². The Bertz CT molecular complexity index is 433. The number of hydrogen-bond donors (Lipinski definition) is 1. The summed E-state index contributed by atoms with van der Waals surface area (Å²) in [6.07, 6.45) is 12.7. The van der Waals surface area contributed by atoms with Gasteiger partial charge in [-0.3, -0.25) is 0 Å². The van der Waals surface area contributed by atoms with Crippen LogP contribution in [0.4, 0.5) is 0 Å². The van der Waals surface area contributed by atoms with Gasteiger partial charge in [0, 0.05) is 6.04 Å². The van der Waals surface area contributed by atoms with E-state index in [9.17, 15) is 0 Å². The van der Waals surface area contributed by atoms with Crippen molar-refractivity contribution in [2.45, 2.75) is 70.8 Å². The van der Waals surface area contributed by atoms with Crippen LogP contribution in [0, 0.1) is 11.8 Å². The molecule has 0 aliphatic heterocycles. The standard InChI is InChI=1S/C20H31N/c1-2-14-21-20-18(15-16-8-3-4-9-16)12-7-11-17-10-5-6-13-19(17)20/h5-6,10,13,16,18,20-21H,2-4,7-9,11-12,14-15H2,1H3. The Morgan fingerprint density at radius 1 is 1.05 bits per heavy atom. The largest absolute Gasteiger partial charge is 0.310 e. The van der Waals surface area contributed by atoms with Gasteiger partial charge in [0.1, 0.15) is 0 Å². The van der Waals surface area contributed by atoms with Crippen molar-refractivity contribution in [2.75, 3.05) is 6.54 Å². The first-order chi connectivity index (χ1) is 10.4. The summed E-state index contributed by atoms with van der Waals surface area (Å²) in [5, 5.41) is 3.89. The molecule has 1 heteroatoms. The van der Waals surface area contributed by atoms with Crippen molar-refractivity contribution < 1.29 is 0 Å². The fourth-order valence-electron chi connectivity index (χ4n) is 4.55. The molecule has 2 aliphatic rings. The zero-order valence-corrected chi connectivity index (χ0v) is 13.6. The van der Waals surface area contributed by atoms with Crippen molar-refractivity contribution in [3.63, 3.8) is 0 Å². The van der Waals surface area contributed by atoms with Gasteiger partial charge in [0.2, 0.25) is 0 Å². The van der Waals surface area contributed by atoms with E-state index in [4.69, 9.17) is 0 Å². The van der Waals surface area contributed by atoms with E-state index in [1.807, 2.05) is 0 Å². The molecular weight excluding hydrogens is 254 g/mol. The maximum atomic E-state index is 3.89. The van der Waals surface area contributed by atoms with E-state index in [1.54, 1.807) is 11.1 Å². The molecule has 0 amide bonds. The molecule has 1 fully saturated rings. The van der Waals surface area contributed by atoms with E-state index in [-0.39, 0.29) is 0 Å². The molecule has 2 aliphatic carbocycles. The van der Waals surface area contributed by atoms with Gasteiger partial charge in [-0.1, -0.05) is 56.9 Å². The minimum absolute atomic E-state index is 0.601. The molecule has 3 rings (SSSR count). The van der Waals surface area contributed by atoms with Gasteiger partial charge in [-0.25, -0.2) is 0 Å². The fraction of sp³-hybridized carbons (Fsp3) is 0.700. The van der Waals surface area contributed by atoms with Gasteiger partial charge in [0.05, 0.1) is 0 Å². The van der Waals surface area contributed by atoms with Gasteiger partial charge in [-0.05, 0) is 61.6 Å². The third-order valence-electron chi connectivity index (χ3n) is 5.61. The van der Waals surface area contributed by atoms with Crippen molar-refractivity contribution in [1.82, 2.24) is 5.32 Å². The molecule has 0 heterocycles. The van der Waals surface area contributed by atoms with Crippen molar-refractivity contribution in [2.24, 2.45) is 11.8 Å². The molecule has 1 N–H and O–H groups in total. The van der Waals surface area contributed by atoms with Crippen molar-refractivity contribution >= 4 is 0 Å². The smallest absolute Gasteiger partial charge is 0.0351 e. The molecule has 1 aromatic carbocycles. The molecule has 0 bridgehead atoms. The molecule has 0 spiro atoms. The highest BCUT2D eigenvalue weighted by Gasteiger charge is 2.30. The molecule has 2 atom stereocenters. The Morgan fingerprint density at radius 2 is 1.86 bits per heavy atom. The molecule has 0 saturated heterocycles. The maximum Gasteiger partial charge on any atom is 0.0351 e. The van der Waals surface area contributed by atoms with Crippen LogP contribution in [0.1, 0.15) is 75.5 Å². The van der Waals surface area contributed by atoms with Crippen molar-refractivity contribution in [3.05, 3.63) is 35.4 Å². The van der Waals surface area contributed by atoms with Gasteiger partial charge in [0.25, 0.3) is 0 Å². The summed E-state index contributed by atoms with van der Waals surface area (Å²) in [6, 6.07) is 9.79. The highest BCUT2D eigenvalue weighted by atomic mass is 14.9. The zero-order chi connectivity index (χ0) is 14.5. The van der Waals surface area contributed by atoms with Crippen molar-refractivity contribution in [1.29, 1.82) is 0 Å². The number of hydrogen-bond acceptors (Lipinski definition) is 1. The summed E-state index contributed by atoms with van der Waals surface area (Å²) in [7, 11) is 0. The number of nitrogens with one attached hydrogen (secondary N) is 1. The fourth-order valence-corrected chi connectivity index (χ4v) is 4.55. The normalized spacial score (nSPS) is 26.5. The molecule has 1 saturated carbocycles. The summed E-state index contributed by atoms with van der Waals surface area (Å²) in [6.45, 7) is 3.43. The summed E-state index contributed by atoms with van der Waals surface area (Å²) in [5.74, 6) is 1.86. The van der Waals surface area contributed by atoms with Crippen LogP contribution >= 0.6 is 0 Å². The average Bonchev–Trinajstić information content (AvgIpc) is 2.95. The van der Waals surface area contributed by atoms with Crippen LogP contribution in [-0.4, -0.2) is 6.54 Å².